The molecule has 1 fully saturated rings. The Hall–Kier alpha value is -3.20. The number of aryl methyl sites for hydroxylation is 1. The van der Waals surface area contributed by atoms with E-state index in [2.05, 4.69) is 11.0 Å². The van der Waals surface area contributed by atoms with Crippen LogP contribution in [-0.2, 0) is 4.79 Å². The Morgan fingerprint density at radius 2 is 1.71 bits per heavy atom. The zero-order chi connectivity index (χ0) is 25.2. The highest BCUT2D eigenvalue weighted by molar-refractivity contribution is 6.33. The summed E-state index contributed by atoms with van der Waals surface area (Å²) in [6.45, 7) is 7.19. The molecule has 0 radical (unpaired) electrons. The Balaban J connectivity index is 1.59. The van der Waals surface area contributed by atoms with Crippen LogP contribution in [0.3, 0.4) is 0 Å². The van der Waals surface area contributed by atoms with Crippen molar-refractivity contribution in [2.75, 3.05) is 24.5 Å². The van der Waals surface area contributed by atoms with E-state index in [1.54, 1.807) is 38.1 Å². The van der Waals surface area contributed by atoms with Crippen LogP contribution in [0, 0.1) is 18.3 Å². The Labute approximate surface area is 216 Å². The molecule has 4 rings (SSSR count). The first-order chi connectivity index (χ1) is 16.7. The second kappa shape index (κ2) is 10.2. The summed E-state index contributed by atoms with van der Waals surface area (Å²) < 4.78 is 6.06. The number of nitrogens with zero attached hydrogens (tertiary/aromatic N) is 3. The molecule has 0 bridgehead atoms. The van der Waals surface area contributed by atoms with E-state index in [9.17, 15) is 4.79 Å². The molecular formula is C28H27Cl2N3O2. The first-order valence-electron chi connectivity index (χ1n) is 11.4. The van der Waals surface area contributed by atoms with Crippen molar-refractivity contribution in [3.05, 3.63) is 93.5 Å². The summed E-state index contributed by atoms with van der Waals surface area (Å²) in [6, 6.07) is 22.5. The fraction of sp³-hybridized carbons (Fsp3) is 0.286. The molecule has 1 aliphatic rings. The fourth-order valence-corrected chi connectivity index (χ4v) is 4.86. The second-order valence-electron chi connectivity index (χ2n) is 9.22. The van der Waals surface area contributed by atoms with Crippen molar-refractivity contribution in [2.45, 2.75) is 32.4 Å². The molecule has 3 aromatic carbocycles. The first kappa shape index (κ1) is 24.9. The molecule has 180 valence electrons. The minimum absolute atomic E-state index is 0.101. The maximum atomic E-state index is 13.6. The van der Waals surface area contributed by atoms with Gasteiger partial charge in [-0.05, 0) is 80.4 Å². The van der Waals surface area contributed by atoms with Crippen molar-refractivity contribution in [3.63, 3.8) is 0 Å². The third-order valence-electron chi connectivity index (χ3n) is 6.21. The normalized spacial score (nSPS) is 16.1. The molecule has 1 saturated heterocycles. The summed E-state index contributed by atoms with van der Waals surface area (Å²) in [4.78, 5) is 17.7. The minimum Gasteiger partial charge on any atom is -0.478 e. The number of carbonyl (C=O) groups excluding carboxylic acids is 1. The van der Waals surface area contributed by atoms with Gasteiger partial charge in [0.2, 0.25) is 0 Å². The van der Waals surface area contributed by atoms with Gasteiger partial charge in [-0.2, -0.15) is 5.26 Å². The number of carbonyl (C=O) groups is 1. The third-order valence-corrected chi connectivity index (χ3v) is 6.76. The predicted octanol–water partition coefficient (Wildman–Crippen LogP) is 6.42. The fourth-order valence-electron chi connectivity index (χ4n) is 4.39. The number of nitriles is 1. The highest BCUT2D eigenvalue weighted by atomic mass is 35.5. The molecule has 7 heteroatoms. The van der Waals surface area contributed by atoms with Crippen LogP contribution in [0.1, 0.15) is 36.6 Å². The summed E-state index contributed by atoms with van der Waals surface area (Å²) in [7, 11) is 0. The van der Waals surface area contributed by atoms with Crippen LogP contribution in [0.5, 0.6) is 5.75 Å². The maximum Gasteiger partial charge on any atom is 0.266 e. The molecular weight excluding hydrogens is 481 g/mol. The Bertz CT molecular complexity index is 1250. The number of amides is 1. The molecule has 1 amide bonds. The van der Waals surface area contributed by atoms with E-state index >= 15 is 0 Å². The maximum absolute atomic E-state index is 13.6. The van der Waals surface area contributed by atoms with E-state index in [0.717, 1.165) is 16.8 Å². The first-order valence-corrected chi connectivity index (χ1v) is 12.2. The zero-order valence-electron chi connectivity index (χ0n) is 20.0. The molecule has 5 nitrogen and oxygen atoms in total. The Kier molecular flexibility index (Phi) is 7.25. The lowest BCUT2D eigenvalue weighted by molar-refractivity contribution is -0.146. The highest BCUT2D eigenvalue weighted by Crippen LogP contribution is 2.36. The highest BCUT2D eigenvalue weighted by Gasteiger charge is 2.39. The van der Waals surface area contributed by atoms with Crippen LogP contribution in [0.2, 0.25) is 10.0 Å². The van der Waals surface area contributed by atoms with Gasteiger partial charge in [-0.15, -0.1) is 0 Å². The minimum atomic E-state index is -1.08. The molecule has 0 saturated carbocycles. The van der Waals surface area contributed by atoms with E-state index in [1.165, 1.54) is 0 Å². The summed E-state index contributed by atoms with van der Waals surface area (Å²) in [6.07, 6.45) is 0. The monoisotopic (exact) mass is 507 g/mol. The number of halogens is 2. The summed E-state index contributed by atoms with van der Waals surface area (Å²) >= 11 is 12.8. The van der Waals surface area contributed by atoms with E-state index in [4.69, 9.17) is 33.2 Å². The predicted molar refractivity (Wildman–Crippen MR) is 140 cm³/mol. The lowest BCUT2D eigenvalue weighted by Crippen LogP contribution is -2.56. The number of benzene rings is 3. The number of hydrogen-bond donors (Lipinski definition) is 0. The summed E-state index contributed by atoms with van der Waals surface area (Å²) in [5, 5.41) is 10.4. The molecule has 1 heterocycles. The molecule has 0 aliphatic carbocycles. The number of ether oxygens (including phenoxy) is 1. The Morgan fingerprint density at radius 1 is 1.03 bits per heavy atom. The molecule has 0 aromatic heterocycles. The second-order valence-corrected chi connectivity index (χ2v) is 10.1. The van der Waals surface area contributed by atoms with Gasteiger partial charge >= 0.3 is 0 Å². The van der Waals surface area contributed by atoms with Crippen molar-refractivity contribution in [3.8, 4) is 11.8 Å². The van der Waals surface area contributed by atoms with Gasteiger partial charge in [-0.25, -0.2) is 0 Å². The number of rotatable bonds is 5. The molecule has 3 aromatic rings. The standard InChI is InChI=1S/C28H27Cl2N3O2/c1-19-4-13-25(24(30)16-19)33-15-14-32(18-26(33)21-7-9-22(29)10-8-21)27(34)28(2,3)35-23-11-5-20(17-31)6-12-23/h4-13,16,26H,14-15,18H2,1-3H3. The Morgan fingerprint density at radius 3 is 2.34 bits per heavy atom. The smallest absolute Gasteiger partial charge is 0.266 e. The van der Waals surface area contributed by atoms with Crippen molar-refractivity contribution >= 4 is 34.8 Å². The van der Waals surface area contributed by atoms with Gasteiger partial charge in [-0.3, -0.25) is 4.79 Å². The van der Waals surface area contributed by atoms with E-state index < -0.39 is 5.60 Å². The molecule has 0 spiro atoms. The van der Waals surface area contributed by atoms with Gasteiger partial charge < -0.3 is 14.5 Å². The van der Waals surface area contributed by atoms with Crippen molar-refractivity contribution in [1.29, 1.82) is 5.26 Å². The van der Waals surface area contributed by atoms with Gasteiger partial charge in [0.05, 0.1) is 28.4 Å². The summed E-state index contributed by atoms with van der Waals surface area (Å²) in [5.41, 5.74) is 2.55. The number of piperazine rings is 1. The lowest BCUT2D eigenvalue weighted by atomic mass is 9.99. The number of hydrogen-bond acceptors (Lipinski definition) is 4. The van der Waals surface area contributed by atoms with E-state index in [1.807, 2.05) is 54.3 Å². The van der Waals surface area contributed by atoms with Gasteiger partial charge in [0.15, 0.2) is 5.60 Å². The molecule has 35 heavy (non-hydrogen) atoms. The van der Waals surface area contributed by atoms with Crippen molar-refractivity contribution in [1.82, 2.24) is 4.90 Å². The summed E-state index contributed by atoms with van der Waals surface area (Å²) in [5.74, 6) is 0.442. The molecule has 1 unspecified atom stereocenters. The van der Waals surface area contributed by atoms with E-state index in [-0.39, 0.29) is 11.9 Å². The van der Waals surface area contributed by atoms with Crippen LogP contribution in [-0.4, -0.2) is 36.0 Å². The zero-order valence-corrected chi connectivity index (χ0v) is 21.5. The van der Waals surface area contributed by atoms with Gasteiger partial charge in [-0.1, -0.05) is 41.4 Å². The van der Waals surface area contributed by atoms with Crippen molar-refractivity contribution in [2.24, 2.45) is 0 Å². The quantitative estimate of drug-likeness (QED) is 0.399. The van der Waals surface area contributed by atoms with Crippen LogP contribution in [0.15, 0.2) is 66.7 Å². The average molecular weight is 508 g/mol. The topological polar surface area (TPSA) is 56.6 Å². The van der Waals surface area contributed by atoms with Crippen LogP contribution in [0.4, 0.5) is 5.69 Å². The van der Waals surface area contributed by atoms with Gasteiger partial charge in [0.1, 0.15) is 5.75 Å². The lowest BCUT2D eigenvalue weighted by Gasteiger charge is -2.45. The van der Waals surface area contributed by atoms with Crippen LogP contribution >= 0.6 is 23.2 Å². The van der Waals surface area contributed by atoms with Crippen LogP contribution in [0.25, 0.3) is 0 Å². The molecule has 1 atom stereocenters. The number of anilines is 1. The SMILES string of the molecule is Cc1ccc(N2CCN(C(=O)C(C)(C)Oc3ccc(C#N)cc3)CC2c2ccc(Cl)cc2)c(Cl)c1. The average Bonchev–Trinajstić information content (AvgIpc) is 2.84. The van der Waals surface area contributed by atoms with Gasteiger partial charge in [0.25, 0.3) is 5.91 Å². The molecule has 1 aliphatic heterocycles. The van der Waals surface area contributed by atoms with Gasteiger partial charge in [0, 0.05) is 24.7 Å². The largest absolute Gasteiger partial charge is 0.478 e. The molecule has 0 N–H and O–H groups in total. The van der Waals surface area contributed by atoms with E-state index in [0.29, 0.717) is 41.0 Å². The third kappa shape index (κ3) is 5.56. The van der Waals surface area contributed by atoms with Crippen LogP contribution < -0.4 is 9.64 Å². The van der Waals surface area contributed by atoms with Crippen molar-refractivity contribution < 1.29 is 9.53 Å².